The van der Waals surface area contributed by atoms with Gasteiger partial charge in [-0.05, 0) is 131 Å². The molecule has 0 saturated heterocycles. The van der Waals surface area contributed by atoms with Crippen LogP contribution in [0.2, 0.25) is 0 Å². The lowest BCUT2D eigenvalue weighted by Gasteiger charge is -2.94. The lowest BCUT2D eigenvalue weighted by atomic mass is 9.10. The lowest BCUT2D eigenvalue weighted by Crippen LogP contribution is -2.91. The van der Waals surface area contributed by atoms with Crippen molar-refractivity contribution < 1.29 is 0 Å². The third-order valence-electron chi connectivity index (χ3n) is 14.0. The molecule has 0 heterocycles. The maximum absolute atomic E-state index is 6.67. The molecule has 0 aliphatic heterocycles. The molecule has 0 aromatic carbocycles. The maximum Gasteiger partial charge on any atom is 0.0104 e. The van der Waals surface area contributed by atoms with Gasteiger partial charge < -0.3 is 5.73 Å². The van der Waals surface area contributed by atoms with Crippen molar-refractivity contribution in [3.63, 3.8) is 0 Å². The Hall–Kier alpha value is -0.0400. The highest BCUT2D eigenvalue weighted by Gasteiger charge is 2.93. The highest BCUT2D eigenvalue weighted by molar-refractivity contribution is 5.40. The van der Waals surface area contributed by atoms with Crippen LogP contribution in [-0.2, 0) is 0 Å². The van der Waals surface area contributed by atoms with E-state index in [1.165, 1.54) is 95.2 Å². The van der Waals surface area contributed by atoms with Crippen LogP contribution in [-0.4, -0.2) is 6.04 Å². The summed E-state index contributed by atoms with van der Waals surface area (Å²) in [5.41, 5.74) is 6.67. The van der Waals surface area contributed by atoms with Crippen LogP contribution in [0, 0.1) is 118 Å². The molecule has 0 aromatic rings. The molecule has 0 radical (unpaired) electrons. The first-order chi connectivity index (χ1) is 11.9. The average molecular weight is 317 g/mol. The number of rotatable bonds is 0. The first-order valence-electron chi connectivity index (χ1n) is 11.6. The molecule has 21 unspecified atom stereocenters. The van der Waals surface area contributed by atoms with Gasteiger partial charge in [-0.2, -0.15) is 0 Å². The Morgan fingerprint density at radius 2 is 0.625 bits per heavy atom. The zero-order chi connectivity index (χ0) is 14.5. The van der Waals surface area contributed by atoms with Crippen LogP contribution in [0.4, 0.5) is 0 Å². The van der Waals surface area contributed by atoms with E-state index in [0.717, 1.165) is 29.6 Å². The van der Waals surface area contributed by atoms with E-state index in [1.54, 1.807) is 6.42 Å². The van der Waals surface area contributed by atoms with Crippen LogP contribution in [0.15, 0.2) is 0 Å². The first-order valence-corrected chi connectivity index (χ1v) is 11.6. The van der Waals surface area contributed by atoms with Crippen molar-refractivity contribution >= 4 is 0 Å². The van der Waals surface area contributed by atoms with Crippen molar-refractivity contribution in [1.29, 1.82) is 0 Å². The maximum atomic E-state index is 6.67. The van der Waals surface area contributed by atoms with Gasteiger partial charge in [0.1, 0.15) is 0 Å². The second-order valence-electron chi connectivity index (χ2n) is 12.9. The summed E-state index contributed by atoms with van der Waals surface area (Å²) in [5, 5.41) is 0. The van der Waals surface area contributed by atoms with Crippen molar-refractivity contribution in [3.05, 3.63) is 0 Å². The van der Waals surface area contributed by atoms with Crippen molar-refractivity contribution in [2.45, 2.75) is 18.9 Å². The first kappa shape index (κ1) is 11.0. The molecule has 0 spiro atoms. The summed E-state index contributed by atoms with van der Waals surface area (Å²) in [6, 6.07) is 0.647. The molecule has 2 N–H and O–H groups in total. The van der Waals surface area contributed by atoms with Gasteiger partial charge in [0, 0.05) is 6.04 Å². The number of hydrogen-bond acceptors (Lipinski definition) is 1. The van der Waals surface area contributed by atoms with E-state index in [-0.39, 0.29) is 0 Å². The SMILES string of the molecule is NC1C2CC2C2C1C1C2C2C1C1C2C2C3C4C5C6CC6C5C4C3C12. The Kier molecular flexibility index (Phi) is 1.20. The van der Waals surface area contributed by atoms with Crippen LogP contribution in [0.3, 0.4) is 0 Å². The summed E-state index contributed by atoms with van der Waals surface area (Å²) in [6.45, 7) is 0. The second kappa shape index (κ2) is 2.62. The third-order valence-corrected chi connectivity index (χ3v) is 14.0. The normalized spacial score (nSPS) is 96.6. The lowest BCUT2D eigenvalue weighted by molar-refractivity contribution is -0.477. The van der Waals surface area contributed by atoms with Gasteiger partial charge in [-0.15, -0.1) is 0 Å². The monoisotopic (exact) mass is 317 g/mol. The predicted molar refractivity (Wildman–Crippen MR) is 87.0 cm³/mol. The Labute approximate surface area is 143 Å². The van der Waals surface area contributed by atoms with E-state index in [2.05, 4.69) is 0 Å². The third kappa shape index (κ3) is 0.670. The fourth-order valence-corrected chi connectivity index (χ4v) is 13.9. The smallest absolute Gasteiger partial charge is 0.0104 e. The van der Waals surface area contributed by atoms with Gasteiger partial charge in [0.25, 0.3) is 0 Å². The predicted octanol–water partition coefficient (Wildman–Crippen LogP) is 2.57. The molecule has 1 nitrogen and oxygen atoms in total. The zero-order valence-electron chi connectivity index (χ0n) is 14.1. The molecule has 11 saturated carbocycles. The van der Waals surface area contributed by atoms with Crippen LogP contribution < -0.4 is 5.73 Å². The number of hydrogen-bond donors (Lipinski definition) is 1. The molecule has 1 heteroatoms. The summed E-state index contributed by atoms with van der Waals surface area (Å²) in [5.74, 6) is 24.5. The van der Waals surface area contributed by atoms with Gasteiger partial charge in [-0.25, -0.2) is 0 Å². The van der Waals surface area contributed by atoms with E-state index >= 15 is 0 Å². The molecule has 11 aliphatic carbocycles. The van der Waals surface area contributed by atoms with Crippen molar-refractivity contribution in [3.8, 4) is 0 Å². The number of fused-ring (bicyclic) bond motifs is 27. The molecule has 24 heavy (non-hydrogen) atoms. The fourth-order valence-electron chi connectivity index (χ4n) is 13.9. The molecule has 0 aromatic heterocycles. The zero-order valence-corrected chi connectivity index (χ0v) is 14.1. The molecular weight excluding hydrogens is 290 g/mol. The molecule has 0 bridgehead atoms. The van der Waals surface area contributed by atoms with E-state index < -0.39 is 0 Å². The van der Waals surface area contributed by atoms with E-state index in [9.17, 15) is 0 Å². The molecule has 11 fully saturated rings. The number of nitrogens with two attached hydrogens (primary N) is 1. The molecule has 0 amide bonds. The van der Waals surface area contributed by atoms with Gasteiger partial charge in [0.15, 0.2) is 0 Å². The highest BCUT2D eigenvalue weighted by Crippen LogP contribution is 2.96. The van der Waals surface area contributed by atoms with Crippen LogP contribution in [0.1, 0.15) is 12.8 Å². The molecule has 11 rings (SSSR count). The Balaban J connectivity index is 0.962. The topological polar surface area (TPSA) is 26.0 Å². The van der Waals surface area contributed by atoms with Crippen molar-refractivity contribution in [2.75, 3.05) is 0 Å². The van der Waals surface area contributed by atoms with E-state index in [1.807, 2.05) is 0 Å². The second-order valence-corrected chi connectivity index (χ2v) is 12.9. The largest absolute Gasteiger partial charge is 0.327 e. The van der Waals surface area contributed by atoms with Gasteiger partial charge in [0.2, 0.25) is 0 Å². The van der Waals surface area contributed by atoms with E-state index in [0.29, 0.717) is 6.04 Å². The Bertz CT molecular complexity index is 739. The average Bonchev–Trinajstić information content (AvgIpc) is 3.39. The minimum Gasteiger partial charge on any atom is -0.327 e. The summed E-state index contributed by atoms with van der Waals surface area (Å²) in [4.78, 5) is 0. The van der Waals surface area contributed by atoms with Gasteiger partial charge in [-0.3, -0.25) is 0 Å². The van der Waals surface area contributed by atoms with Crippen molar-refractivity contribution in [2.24, 2.45) is 124 Å². The van der Waals surface area contributed by atoms with Gasteiger partial charge >= 0.3 is 0 Å². The van der Waals surface area contributed by atoms with Crippen molar-refractivity contribution in [1.82, 2.24) is 0 Å². The van der Waals surface area contributed by atoms with Gasteiger partial charge in [-0.1, -0.05) is 0 Å². The van der Waals surface area contributed by atoms with Gasteiger partial charge in [0.05, 0.1) is 0 Å². The highest BCUT2D eigenvalue weighted by atomic mass is 15.0. The quantitative estimate of drug-likeness (QED) is 0.683. The molecule has 11 aliphatic rings. The summed E-state index contributed by atoms with van der Waals surface area (Å²) in [7, 11) is 0. The minimum atomic E-state index is 0.647. The minimum absolute atomic E-state index is 0.647. The Morgan fingerprint density at radius 1 is 0.333 bits per heavy atom. The summed E-state index contributed by atoms with van der Waals surface area (Å²) in [6.07, 6.45) is 3.20. The Morgan fingerprint density at radius 3 is 1.12 bits per heavy atom. The summed E-state index contributed by atoms with van der Waals surface area (Å²) >= 11 is 0. The standard InChI is InChI=1S/C23H27N/c24-23-6-2-5(6)9-12-15-18-16-13-10-7-3-1-4(3)8(7)11(10)14(13)17(16)19(18)20(15)21(12)22(9)23/h3-23H,1-2,24H2. The molecular formula is C23H27N. The van der Waals surface area contributed by atoms with Crippen LogP contribution in [0.25, 0.3) is 0 Å². The molecule has 124 valence electrons. The summed E-state index contributed by atoms with van der Waals surface area (Å²) < 4.78 is 0. The van der Waals surface area contributed by atoms with Crippen LogP contribution >= 0.6 is 0 Å². The van der Waals surface area contributed by atoms with Crippen LogP contribution in [0.5, 0.6) is 0 Å². The fraction of sp³-hybridized carbons (Fsp3) is 1.00. The molecule has 21 atom stereocenters. The van der Waals surface area contributed by atoms with E-state index in [4.69, 9.17) is 5.73 Å².